The summed E-state index contributed by atoms with van der Waals surface area (Å²) in [6.45, 7) is 10.6. The number of carbonyl (C=O) groups is 2. The van der Waals surface area contributed by atoms with Crippen molar-refractivity contribution in [3.63, 3.8) is 0 Å². The molecule has 2 atom stereocenters. The van der Waals surface area contributed by atoms with E-state index in [-0.39, 0.29) is 29.8 Å². The van der Waals surface area contributed by atoms with Gasteiger partial charge in [0.1, 0.15) is 0 Å². The number of esters is 1. The molecule has 3 aromatic rings. The van der Waals surface area contributed by atoms with E-state index in [4.69, 9.17) is 21.3 Å². The molecule has 0 radical (unpaired) electrons. The van der Waals surface area contributed by atoms with Crippen LogP contribution in [0, 0.1) is 5.92 Å². The van der Waals surface area contributed by atoms with Crippen LogP contribution in [-0.4, -0.2) is 65.2 Å². The van der Waals surface area contributed by atoms with Crippen molar-refractivity contribution in [3.8, 4) is 0 Å². The van der Waals surface area contributed by atoms with E-state index >= 15 is 0 Å². The van der Waals surface area contributed by atoms with Crippen LogP contribution in [0.3, 0.4) is 0 Å². The van der Waals surface area contributed by atoms with Crippen LogP contribution in [0.15, 0.2) is 18.2 Å². The van der Waals surface area contributed by atoms with E-state index in [0.717, 1.165) is 40.6 Å². The number of aryl methyl sites for hydroxylation is 1. The number of anilines is 1. The predicted octanol–water partition coefficient (Wildman–Crippen LogP) is 4.03. The number of aromatic nitrogens is 3. The fourth-order valence-corrected chi connectivity index (χ4v) is 5.67. The zero-order chi connectivity index (χ0) is 25.8. The van der Waals surface area contributed by atoms with E-state index in [1.165, 1.54) is 11.3 Å². The Kier molecular flexibility index (Phi) is 8.48. The molecular formula is C25H33ClN6O3S. The van der Waals surface area contributed by atoms with Crippen LogP contribution < -0.4 is 15.5 Å². The van der Waals surface area contributed by atoms with Crippen LogP contribution in [0.25, 0.3) is 10.2 Å². The number of nitrogens with zero attached hydrogens (tertiary/aromatic N) is 3. The van der Waals surface area contributed by atoms with E-state index in [1.807, 2.05) is 19.1 Å². The van der Waals surface area contributed by atoms with Crippen molar-refractivity contribution in [2.24, 2.45) is 5.92 Å². The molecule has 9 nitrogen and oxygen atoms in total. The lowest BCUT2D eigenvalue weighted by Gasteiger charge is -2.39. The molecule has 1 saturated heterocycles. The van der Waals surface area contributed by atoms with Crippen molar-refractivity contribution in [3.05, 3.63) is 40.4 Å². The van der Waals surface area contributed by atoms with Crippen molar-refractivity contribution in [1.29, 1.82) is 0 Å². The first-order valence-electron chi connectivity index (χ1n) is 12.4. The molecule has 0 saturated carbocycles. The molecule has 1 amide bonds. The lowest BCUT2D eigenvalue weighted by atomic mass is 9.98. The van der Waals surface area contributed by atoms with Crippen LogP contribution in [0.4, 0.5) is 5.13 Å². The van der Waals surface area contributed by atoms with Gasteiger partial charge >= 0.3 is 5.97 Å². The third-order valence-electron chi connectivity index (χ3n) is 6.18. The number of halogens is 1. The Morgan fingerprint density at radius 1 is 1.28 bits per heavy atom. The minimum Gasteiger partial charge on any atom is -0.462 e. The van der Waals surface area contributed by atoms with Gasteiger partial charge in [-0.25, -0.2) is 14.8 Å². The maximum absolute atomic E-state index is 12.9. The fraction of sp³-hybridized carbons (Fsp3) is 0.520. The Balaban J connectivity index is 1.52. The summed E-state index contributed by atoms with van der Waals surface area (Å²) in [4.78, 5) is 39.6. The van der Waals surface area contributed by atoms with E-state index in [2.05, 4.69) is 39.3 Å². The van der Waals surface area contributed by atoms with Gasteiger partial charge in [0.25, 0.3) is 5.91 Å². The number of hydrogen-bond acceptors (Lipinski definition) is 8. The van der Waals surface area contributed by atoms with Crippen molar-refractivity contribution >= 4 is 50.2 Å². The standard InChI is InChI=1S/C25H33ClN6O3S/c1-5-16-21(26)31-22(28-16)23(33)29-17-10-11-32(13-19(17)27-12-14(3)4)25-30-18-9-7-8-15(20(18)36-25)24(34)35-6-2/h7-9,14,17,19,27H,5-6,10-13H2,1-4H3,(H,28,31)(H,29,33)/t17-,19+/m0/s1. The third-order valence-corrected chi connectivity index (χ3v) is 7.66. The number of ether oxygens (including phenoxy) is 1. The maximum atomic E-state index is 12.9. The second kappa shape index (κ2) is 11.6. The van der Waals surface area contributed by atoms with Gasteiger partial charge in [-0.15, -0.1) is 0 Å². The zero-order valence-corrected chi connectivity index (χ0v) is 22.6. The minimum atomic E-state index is -0.333. The number of thiazole rings is 1. The molecule has 3 heterocycles. The Hall–Kier alpha value is -2.69. The van der Waals surface area contributed by atoms with E-state index in [1.54, 1.807) is 13.0 Å². The summed E-state index contributed by atoms with van der Waals surface area (Å²) in [6, 6.07) is 5.46. The lowest BCUT2D eigenvalue weighted by Crippen LogP contribution is -2.60. The van der Waals surface area contributed by atoms with E-state index in [9.17, 15) is 9.59 Å². The van der Waals surface area contributed by atoms with Gasteiger partial charge in [0, 0.05) is 25.2 Å². The molecule has 1 aliphatic rings. The SMILES string of the molecule is CCOC(=O)c1cccc2nc(N3CC[C@H](NC(=O)c4nc(Cl)c(CC)[nH]4)[C@H](NCC(C)C)C3)sc12. The molecule has 0 bridgehead atoms. The van der Waals surface area contributed by atoms with Crippen LogP contribution in [0.5, 0.6) is 0 Å². The Bertz CT molecular complexity index is 1230. The predicted molar refractivity (Wildman–Crippen MR) is 143 cm³/mol. The summed E-state index contributed by atoms with van der Waals surface area (Å²) in [5.74, 6) is 0.104. The summed E-state index contributed by atoms with van der Waals surface area (Å²) in [7, 11) is 0. The number of amides is 1. The number of fused-ring (bicyclic) bond motifs is 1. The van der Waals surface area contributed by atoms with Gasteiger partial charge < -0.3 is 25.3 Å². The average molecular weight is 533 g/mol. The fourth-order valence-electron chi connectivity index (χ4n) is 4.30. The topological polar surface area (TPSA) is 112 Å². The van der Waals surface area contributed by atoms with Gasteiger partial charge in [-0.2, -0.15) is 0 Å². The van der Waals surface area contributed by atoms with Crippen molar-refractivity contribution < 1.29 is 14.3 Å². The zero-order valence-electron chi connectivity index (χ0n) is 21.1. The molecule has 2 aromatic heterocycles. The first kappa shape index (κ1) is 26.4. The number of imidazole rings is 1. The van der Waals surface area contributed by atoms with Crippen LogP contribution in [0.2, 0.25) is 5.15 Å². The van der Waals surface area contributed by atoms with Crippen molar-refractivity contribution in [2.75, 3.05) is 31.1 Å². The number of piperidine rings is 1. The Morgan fingerprint density at radius 2 is 2.08 bits per heavy atom. The maximum Gasteiger partial charge on any atom is 0.339 e. The number of H-pyrrole nitrogens is 1. The van der Waals surface area contributed by atoms with Crippen molar-refractivity contribution in [1.82, 2.24) is 25.6 Å². The van der Waals surface area contributed by atoms with Crippen molar-refractivity contribution in [2.45, 2.75) is 52.6 Å². The highest BCUT2D eigenvalue weighted by Gasteiger charge is 2.32. The summed E-state index contributed by atoms with van der Waals surface area (Å²) in [5, 5.41) is 7.97. The molecule has 1 fully saturated rings. The van der Waals surface area contributed by atoms with Gasteiger partial charge in [-0.05, 0) is 44.4 Å². The average Bonchev–Trinajstić information content (AvgIpc) is 3.46. The summed E-state index contributed by atoms with van der Waals surface area (Å²) < 4.78 is 6.05. The number of benzene rings is 1. The van der Waals surface area contributed by atoms with Gasteiger partial charge in [0.15, 0.2) is 16.1 Å². The molecule has 0 spiro atoms. The second-order valence-electron chi connectivity index (χ2n) is 9.30. The van der Waals surface area contributed by atoms with Gasteiger partial charge in [-0.1, -0.05) is 49.8 Å². The number of rotatable bonds is 9. The quantitative estimate of drug-likeness (QED) is 0.356. The normalized spacial score (nSPS) is 18.1. The third kappa shape index (κ3) is 5.82. The van der Waals surface area contributed by atoms with Crippen LogP contribution in [0.1, 0.15) is 60.8 Å². The minimum absolute atomic E-state index is 0.0118. The van der Waals surface area contributed by atoms with E-state index < -0.39 is 0 Å². The van der Waals surface area contributed by atoms with Gasteiger partial charge in [-0.3, -0.25) is 4.79 Å². The summed E-state index contributed by atoms with van der Waals surface area (Å²) in [6.07, 6.45) is 1.41. The Labute approximate surface area is 220 Å². The molecule has 1 aromatic carbocycles. The highest BCUT2D eigenvalue weighted by Crippen LogP contribution is 2.33. The first-order valence-corrected chi connectivity index (χ1v) is 13.6. The lowest BCUT2D eigenvalue weighted by molar-refractivity contribution is 0.0528. The van der Waals surface area contributed by atoms with Gasteiger partial charge in [0.2, 0.25) is 0 Å². The number of aromatic amines is 1. The molecule has 36 heavy (non-hydrogen) atoms. The first-order chi connectivity index (χ1) is 17.3. The summed E-state index contributed by atoms with van der Waals surface area (Å²) >= 11 is 7.64. The van der Waals surface area contributed by atoms with E-state index in [0.29, 0.717) is 36.2 Å². The van der Waals surface area contributed by atoms with Gasteiger partial charge in [0.05, 0.1) is 28.1 Å². The number of hydrogen-bond donors (Lipinski definition) is 3. The molecule has 4 rings (SSSR count). The largest absolute Gasteiger partial charge is 0.462 e. The van der Waals surface area contributed by atoms with Crippen LogP contribution >= 0.6 is 22.9 Å². The molecule has 194 valence electrons. The number of carbonyl (C=O) groups excluding carboxylic acids is 2. The molecule has 11 heteroatoms. The summed E-state index contributed by atoms with van der Waals surface area (Å²) in [5.41, 5.74) is 2.08. The molecule has 1 aliphatic heterocycles. The number of nitrogens with one attached hydrogen (secondary N) is 3. The molecule has 0 unspecified atom stereocenters. The Morgan fingerprint density at radius 3 is 2.78 bits per heavy atom. The second-order valence-corrected chi connectivity index (χ2v) is 10.6. The van der Waals surface area contributed by atoms with Crippen LogP contribution in [-0.2, 0) is 11.2 Å². The molecular weight excluding hydrogens is 500 g/mol. The highest BCUT2D eigenvalue weighted by atomic mass is 35.5. The smallest absolute Gasteiger partial charge is 0.339 e. The molecule has 0 aliphatic carbocycles. The monoisotopic (exact) mass is 532 g/mol. The highest BCUT2D eigenvalue weighted by molar-refractivity contribution is 7.22. The molecule has 3 N–H and O–H groups in total.